The third-order valence-corrected chi connectivity index (χ3v) is 6.40. The summed E-state index contributed by atoms with van der Waals surface area (Å²) in [6.07, 6.45) is 4.39. The number of aromatic amines is 1. The summed E-state index contributed by atoms with van der Waals surface area (Å²) in [6.45, 7) is 5.19. The predicted molar refractivity (Wildman–Crippen MR) is 98.8 cm³/mol. The first kappa shape index (κ1) is 16.5. The van der Waals surface area contributed by atoms with Crippen molar-refractivity contribution < 1.29 is 14.7 Å². The Morgan fingerprint density at radius 2 is 2.08 bits per heavy atom. The van der Waals surface area contributed by atoms with Gasteiger partial charge in [-0.05, 0) is 17.5 Å². The van der Waals surface area contributed by atoms with Crippen molar-refractivity contribution in [2.24, 2.45) is 0 Å². The van der Waals surface area contributed by atoms with Crippen molar-refractivity contribution >= 4 is 23.1 Å². The third kappa shape index (κ3) is 3.70. The van der Waals surface area contributed by atoms with Crippen LogP contribution in [0.5, 0.6) is 0 Å². The zero-order valence-corrected chi connectivity index (χ0v) is 15.3. The zero-order chi connectivity index (χ0) is 17.1. The van der Waals surface area contributed by atoms with E-state index in [1.807, 2.05) is 29.7 Å². The second kappa shape index (κ2) is 7.54. The molecule has 0 bridgehead atoms. The molecule has 2 aliphatic heterocycles. The van der Waals surface area contributed by atoms with Crippen LogP contribution < -0.4 is 14.8 Å². The molecule has 1 amide bonds. The van der Waals surface area contributed by atoms with E-state index >= 15 is 0 Å². The summed E-state index contributed by atoms with van der Waals surface area (Å²) in [4.78, 5) is 23.3. The van der Waals surface area contributed by atoms with Crippen LogP contribution >= 0.6 is 11.3 Å². The summed E-state index contributed by atoms with van der Waals surface area (Å²) < 4.78 is 0. The highest BCUT2D eigenvalue weighted by atomic mass is 32.1. The fraction of sp³-hybridized carbons (Fsp3) is 0.474. The number of hydrogen-bond acceptors (Lipinski definition) is 3. The van der Waals surface area contributed by atoms with Gasteiger partial charge in [0, 0.05) is 18.9 Å². The van der Waals surface area contributed by atoms with Crippen LogP contribution in [0.25, 0.3) is 0 Å². The molecule has 0 aromatic carbocycles. The molecule has 0 aliphatic carbocycles. The molecule has 2 aromatic rings. The molecule has 2 saturated heterocycles. The molecule has 0 saturated carbocycles. The number of carbonyl (C=O) groups is 1. The highest BCUT2D eigenvalue weighted by Gasteiger charge is 2.34. The second-order valence-corrected chi connectivity index (χ2v) is 7.89. The fourth-order valence-corrected chi connectivity index (χ4v) is 4.96. The van der Waals surface area contributed by atoms with Crippen molar-refractivity contribution in [3.8, 4) is 0 Å². The largest absolute Gasteiger partial charge is 0.330 e. The monoisotopic (exact) mass is 358 g/mol. The Kier molecular flexibility index (Phi) is 4.99. The Labute approximate surface area is 152 Å². The minimum atomic E-state index is 0.315. The summed E-state index contributed by atoms with van der Waals surface area (Å²) in [5.74, 6) is 1.45. The molecule has 2 fully saturated rings. The maximum atomic E-state index is 12.8. The molecule has 6 heteroatoms. The number of amides is 1. The van der Waals surface area contributed by atoms with E-state index in [0.717, 1.165) is 38.5 Å². The molecule has 25 heavy (non-hydrogen) atoms. The van der Waals surface area contributed by atoms with Gasteiger partial charge in [0.1, 0.15) is 19.1 Å². The molecule has 2 N–H and O–H groups in total. The molecule has 132 valence electrons. The topological polar surface area (TPSA) is 42.1 Å². The van der Waals surface area contributed by atoms with Crippen LogP contribution in [-0.4, -0.2) is 50.1 Å². The Morgan fingerprint density at radius 1 is 1.20 bits per heavy atom. The number of quaternary nitrogens is 1. The Bertz CT molecular complexity index is 683. The lowest BCUT2D eigenvalue weighted by atomic mass is 10.2. The van der Waals surface area contributed by atoms with E-state index < -0.39 is 0 Å². The maximum Gasteiger partial charge on any atom is 0.278 e. The van der Waals surface area contributed by atoms with Crippen LogP contribution in [0.2, 0.25) is 0 Å². The van der Waals surface area contributed by atoms with Crippen LogP contribution in [0.1, 0.15) is 23.8 Å². The number of hydrogen-bond donors (Lipinski definition) is 1. The van der Waals surface area contributed by atoms with Crippen LogP contribution in [0, 0.1) is 0 Å². The van der Waals surface area contributed by atoms with E-state index in [4.69, 9.17) is 0 Å². The molecule has 2 aliphatic rings. The second-order valence-electron chi connectivity index (χ2n) is 6.91. The van der Waals surface area contributed by atoms with Gasteiger partial charge in [-0.15, -0.1) is 11.3 Å². The third-order valence-electron chi connectivity index (χ3n) is 5.41. The van der Waals surface area contributed by atoms with Gasteiger partial charge in [0.2, 0.25) is 0 Å². The lowest BCUT2D eigenvalue weighted by Crippen LogP contribution is -3.11. The normalized spacial score (nSPS) is 23.8. The van der Waals surface area contributed by atoms with E-state index in [-0.39, 0.29) is 0 Å². The number of rotatable bonds is 4. The van der Waals surface area contributed by atoms with Gasteiger partial charge >= 0.3 is 0 Å². The summed E-state index contributed by atoms with van der Waals surface area (Å²) in [5.41, 5.74) is 0. The summed E-state index contributed by atoms with van der Waals surface area (Å²) >= 11 is 1.83. The highest BCUT2D eigenvalue weighted by Crippen LogP contribution is 2.23. The smallest absolute Gasteiger partial charge is 0.278 e. The number of anilines is 1. The van der Waals surface area contributed by atoms with Gasteiger partial charge < -0.3 is 9.80 Å². The van der Waals surface area contributed by atoms with Crippen molar-refractivity contribution in [1.82, 2.24) is 4.90 Å². The van der Waals surface area contributed by atoms with Gasteiger partial charge in [0.25, 0.3) is 11.7 Å². The first-order valence-electron chi connectivity index (χ1n) is 9.19. The van der Waals surface area contributed by atoms with E-state index in [0.29, 0.717) is 18.5 Å². The molecular weight excluding hydrogens is 332 g/mol. The standard InChI is InChI=1S/C19H24N4OS/c24-19(15-23-9-3-5-16(23)17-6-4-14-25-17)22-12-10-21(11-13-22)18-7-1-2-8-20-18/h1-2,4,6-8,14,16H,3,5,9-13,15H2/p+2/t16-/m0/s1. The van der Waals surface area contributed by atoms with Crippen LogP contribution in [0.15, 0.2) is 41.9 Å². The zero-order valence-electron chi connectivity index (χ0n) is 14.5. The Balaban J connectivity index is 1.32. The molecule has 0 spiro atoms. The summed E-state index contributed by atoms with van der Waals surface area (Å²) in [7, 11) is 0. The van der Waals surface area contributed by atoms with Crippen molar-refractivity contribution in [1.29, 1.82) is 0 Å². The number of carbonyl (C=O) groups excluding carboxylic acids is 1. The lowest BCUT2D eigenvalue weighted by molar-refractivity contribution is -0.910. The van der Waals surface area contributed by atoms with Crippen LogP contribution in [0.3, 0.4) is 0 Å². The number of H-pyrrole nitrogens is 1. The van der Waals surface area contributed by atoms with Crippen LogP contribution in [-0.2, 0) is 4.79 Å². The SMILES string of the molecule is O=C(C[NH+]1CCC[C@H]1c1cccs1)N1CCN(c2cccc[nH+]2)CC1. The van der Waals surface area contributed by atoms with Crippen molar-refractivity contribution in [2.75, 3.05) is 44.2 Å². The number of likely N-dealkylation sites (tertiary alicyclic amines) is 1. The minimum Gasteiger partial charge on any atom is -0.330 e. The summed E-state index contributed by atoms with van der Waals surface area (Å²) in [5, 5.41) is 2.15. The lowest BCUT2D eigenvalue weighted by Gasteiger charge is -2.32. The number of pyridine rings is 1. The van der Waals surface area contributed by atoms with E-state index in [2.05, 4.69) is 38.4 Å². The Hall–Kier alpha value is -1.92. The van der Waals surface area contributed by atoms with Crippen molar-refractivity contribution in [3.63, 3.8) is 0 Å². The predicted octanol–water partition coefficient (Wildman–Crippen LogP) is 0.631. The molecule has 2 atom stereocenters. The molecule has 0 radical (unpaired) electrons. The molecule has 2 aromatic heterocycles. The number of piperazine rings is 1. The number of nitrogens with zero attached hydrogens (tertiary/aromatic N) is 2. The first-order chi connectivity index (χ1) is 12.3. The molecule has 5 nitrogen and oxygen atoms in total. The fourth-order valence-electron chi connectivity index (χ4n) is 4.04. The molecule has 4 rings (SSSR count). The van der Waals surface area contributed by atoms with Crippen molar-refractivity contribution in [3.05, 3.63) is 46.8 Å². The first-order valence-corrected chi connectivity index (χ1v) is 10.1. The average molecular weight is 359 g/mol. The van der Waals surface area contributed by atoms with E-state index in [1.165, 1.54) is 22.6 Å². The number of nitrogens with one attached hydrogen (secondary N) is 2. The molecule has 4 heterocycles. The van der Waals surface area contributed by atoms with Crippen LogP contribution in [0.4, 0.5) is 5.82 Å². The van der Waals surface area contributed by atoms with Gasteiger partial charge in [-0.25, -0.2) is 4.98 Å². The minimum absolute atomic E-state index is 0.315. The van der Waals surface area contributed by atoms with E-state index in [1.54, 1.807) is 0 Å². The highest BCUT2D eigenvalue weighted by molar-refractivity contribution is 7.10. The van der Waals surface area contributed by atoms with E-state index in [9.17, 15) is 4.79 Å². The summed E-state index contributed by atoms with van der Waals surface area (Å²) in [6, 6.07) is 11.0. The van der Waals surface area contributed by atoms with Gasteiger partial charge in [-0.3, -0.25) is 9.69 Å². The van der Waals surface area contributed by atoms with Gasteiger partial charge in [0.15, 0.2) is 6.54 Å². The van der Waals surface area contributed by atoms with Gasteiger partial charge in [-0.2, -0.15) is 0 Å². The van der Waals surface area contributed by atoms with Gasteiger partial charge in [0.05, 0.1) is 30.7 Å². The number of thiophene rings is 1. The van der Waals surface area contributed by atoms with Gasteiger partial charge in [-0.1, -0.05) is 12.1 Å². The van der Waals surface area contributed by atoms with Crippen molar-refractivity contribution in [2.45, 2.75) is 18.9 Å². The Morgan fingerprint density at radius 3 is 2.80 bits per heavy atom. The molecule has 1 unspecified atom stereocenters. The quantitative estimate of drug-likeness (QED) is 0.871. The average Bonchev–Trinajstić information content (AvgIpc) is 3.34. The maximum absolute atomic E-state index is 12.8. The molecular formula is C19H26N4OS+2. The number of aromatic nitrogens is 1.